The molecule has 0 saturated heterocycles. The molecule has 1 amide bonds. The first-order chi connectivity index (χ1) is 12.2. The number of carbonyl (C=O) groups is 2. The molecule has 0 radical (unpaired) electrons. The van der Waals surface area contributed by atoms with Crippen LogP contribution in [0.3, 0.4) is 0 Å². The highest BCUT2D eigenvalue weighted by molar-refractivity contribution is 7.92. The van der Waals surface area contributed by atoms with Gasteiger partial charge in [-0.05, 0) is 37.6 Å². The van der Waals surface area contributed by atoms with E-state index in [0.717, 1.165) is 11.8 Å². The molecule has 0 aliphatic heterocycles. The summed E-state index contributed by atoms with van der Waals surface area (Å²) in [6, 6.07) is 13.6. The van der Waals surface area contributed by atoms with Gasteiger partial charge in [-0.2, -0.15) is 0 Å². The summed E-state index contributed by atoms with van der Waals surface area (Å²) in [6.45, 7) is 3.47. The average Bonchev–Trinajstić information content (AvgIpc) is 2.58. The molecule has 0 fully saturated rings. The Morgan fingerprint density at radius 2 is 1.77 bits per heavy atom. The van der Waals surface area contributed by atoms with Gasteiger partial charge in [0.2, 0.25) is 10.0 Å². The van der Waals surface area contributed by atoms with Crippen molar-refractivity contribution in [2.24, 2.45) is 0 Å². The van der Waals surface area contributed by atoms with Crippen LogP contribution in [0.4, 0.5) is 5.69 Å². The third-order valence-corrected chi connectivity index (χ3v) is 5.13. The molecule has 0 heterocycles. The lowest BCUT2D eigenvalue weighted by Crippen LogP contribution is -2.38. The number of amides is 1. The second-order valence-corrected chi connectivity index (χ2v) is 7.92. The number of aryl methyl sites for hydroxylation is 1. The van der Waals surface area contributed by atoms with Crippen molar-refractivity contribution in [2.75, 3.05) is 23.7 Å². The van der Waals surface area contributed by atoms with Crippen LogP contribution in [-0.4, -0.2) is 39.5 Å². The maximum Gasteiger partial charge on any atom is 0.251 e. The summed E-state index contributed by atoms with van der Waals surface area (Å²) in [6.07, 6.45) is 1.09. The van der Waals surface area contributed by atoms with Crippen molar-refractivity contribution in [3.63, 3.8) is 0 Å². The molecule has 1 N–H and O–H groups in total. The Balaban J connectivity index is 2.13. The first-order valence-electron chi connectivity index (χ1n) is 8.12. The Kier molecular flexibility index (Phi) is 6.15. The van der Waals surface area contributed by atoms with Crippen LogP contribution in [0, 0.1) is 6.92 Å². The van der Waals surface area contributed by atoms with E-state index in [0.29, 0.717) is 16.8 Å². The Labute approximate surface area is 153 Å². The standard InChI is InChI=1S/C19H22N2O4S/c1-14-7-4-5-10-18(14)19(23)20-11-12-21(26(3,24)25)17-9-6-8-16(13-17)15(2)22/h4-10,13H,11-12H2,1-3H3,(H,20,23). The number of Topliss-reactive ketones (excluding diaryl/α,β-unsaturated/α-hetero) is 1. The molecule has 0 aliphatic rings. The molecular weight excluding hydrogens is 352 g/mol. The van der Waals surface area contributed by atoms with Gasteiger partial charge in [-0.15, -0.1) is 0 Å². The van der Waals surface area contributed by atoms with Crippen molar-refractivity contribution in [1.29, 1.82) is 0 Å². The number of rotatable bonds is 7. The average molecular weight is 374 g/mol. The predicted molar refractivity (Wildman–Crippen MR) is 102 cm³/mol. The minimum atomic E-state index is -3.56. The fraction of sp³-hybridized carbons (Fsp3) is 0.263. The molecule has 2 aromatic carbocycles. The van der Waals surface area contributed by atoms with E-state index < -0.39 is 10.0 Å². The molecule has 7 heteroatoms. The quantitative estimate of drug-likeness (QED) is 0.754. The van der Waals surface area contributed by atoms with Crippen LogP contribution < -0.4 is 9.62 Å². The van der Waals surface area contributed by atoms with Crippen molar-refractivity contribution in [2.45, 2.75) is 13.8 Å². The molecule has 0 aromatic heterocycles. The summed E-state index contributed by atoms with van der Waals surface area (Å²) >= 11 is 0. The Hall–Kier alpha value is -2.67. The molecule has 0 aliphatic carbocycles. The number of sulfonamides is 1. The van der Waals surface area contributed by atoms with Gasteiger partial charge in [0, 0.05) is 17.7 Å². The summed E-state index contributed by atoms with van der Waals surface area (Å²) in [5, 5.41) is 2.74. The number of hydrogen-bond donors (Lipinski definition) is 1. The highest BCUT2D eigenvalue weighted by Gasteiger charge is 2.18. The normalized spacial score (nSPS) is 11.0. The number of ketones is 1. The third kappa shape index (κ3) is 4.92. The third-order valence-electron chi connectivity index (χ3n) is 3.93. The highest BCUT2D eigenvalue weighted by Crippen LogP contribution is 2.19. The Bertz CT molecular complexity index is 923. The zero-order valence-electron chi connectivity index (χ0n) is 15.0. The van der Waals surface area contributed by atoms with Crippen LogP contribution in [0.1, 0.15) is 33.2 Å². The lowest BCUT2D eigenvalue weighted by Gasteiger charge is -2.23. The number of nitrogens with zero attached hydrogens (tertiary/aromatic N) is 1. The largest absolute Gasteiger partial charge is 0.350 e. The molecule has 0 bridgehead atoms. The molecule has 0 spiro atoms. The van der Waals surface area contributed by atoms with Crippen molar-refractivity contribution in [3.05, 3.63) is 65.2 Å². The maximum absolute atomic E-state index is 12.3. The van der Waals surface area contributed by atoms with E-state index in [1.165, 1.54) is 17.3 Å². The van der Waals surface area contributed by atoms with Crippen molar-refractivity contribution >= 4 is 27.4 Å². The van der Waals surface area contributed by atoms with Gasteiger partial charge >= 0.3 is 0 Å². The molecule has 2 rings (SSSR count). The van der Waals surface area contributed by atoms with Gasteiger partial charge in [0.05, 0.1) is 18.5 Å². The molecular formula is C19H22N2O4S. The minimum Gasteiger partial charge on any atom is -0.350 e. The van der Waals surface area contributed by atoms with Crippen molar-refractivity contribution < 1.29 is 18.0 Å². The summed E-state index contributed by atoms with van der Waals surface area (Å²) in [5.41, 5.74) is 2.22. The summed E-state index contributed by atoms with van der Waals surface area (Å²) in [7, 11) is -3.56. The monoisotopic (exact) mass is 374 g/mol. The van der Waals surface area contributed by atoms with Gasteiger partial charge in [0.25, 0.3) is 5.91 Å². The number of nitrogens with one attached hydrogen (secondary N) is 1. The van der Waals surface area contributed by atoms with Crippen molar-refractivity contribution in [1.82, 2.24) is 5.32 Å². The molecule has 138 valence electrons. The van der Waals surface area contributed by atoms with Gasteiger partial charge in [-0.1, -0.05) is 30.3 Å². The second-order valence-electron chi connectivity index (χ2n) is 6.01. The molecule has 0 unspecified atom stereocenters. The van der Waals surface area contributed by atoms with E-state index in [1.807, 2.05) is 19.1 Å². The van der Waals surface area contributed by atoms with Gasteiger partial charge in [0.15, 0.2) is 5.78 Å². The van der Waals surface area contributed by atoms with E-state index in [9.17, 15) is 18.0 Å². The van der Waals surface area contributed by atoms with E-state index >= 15 is 0 Å². The van der Waals surface area contributed by atoms with Crippen LogP contribution in [-0.2, 0) is 10.0 Å². The molecule has 0 atom stereocenters. The minimum absolute atomic E-state index is 0.0673. The Morgan fingerprint density at radius 1 is 1.08 bits per heavy atom. The zero-order chi connectivity index (χ0) is 19.3. The van der Waals surface area contributed by atoms with E-state index in [1.54, 1.807) is 30.3 Å². The van der Waals surface area contributed by atoms with Crippen LogP contribution in [0.25, 0.3) is 0 Å². The summed E-state index contributed by atoms with van der Waals surface area (Å²) in [5.74, 6) is -0.401. The molecule has 2 aromatic rings. The van der Waals surface area contributed by atoms with E-state index in [2.05, 4.69) is 5.32 Å². The SMILES string of the molecule is CC(=O)c1cccc(N(CCNC(=O)c2ccccc2C)S(C)(=O)=O)c1. The van der Waals surface area contributed by atoms with Gasteiger partial charge in [-0.3, -0.25) is 13.9 Å². The topological polar surface area (TPSA) is 83.6 Å². The zero-order valence-corrected chi connectivity index (χ0v) is 15.8. The van der Waals surface area contributed by atoms with Crippen LogP contribution in [0.15, 0.2) is 48.5 Å². The summed E-state index contributed by atoms with van der Waals surface area (Å²) in [4.78, 5) is 23.8. The van der Waals surface area contributed by atoms with Gasteiger partial charge in [0.1, 0.15) is 0 Å². The van der Waals surface area contributed by atoms with Crippen LogP contribution >= 0.6 is 0 Å². The summed E-state index contributed by atoms with van der Waals surface area (Å²) < 4.78 is 25.5. The number of hydrogen-bond acceptors (Lipinski definition) is 4. The second kappa shape index (κ2) is 8.14. The first kappa shape index (κ1) is 19.7. The number of carbonyl (C=O) groups excluding carboxylic acids is 2. The van der Waals surface area contributed by atoms with Gasteiger partial charge in [-0.25, -0.2) is 8.42 Å². The predicted octanol–water partition coefficient (Wildman–Crippen LogP) is 2.39. The fourth-order valence-corrected chi connectivity index (χ4v) is 3.48. The maximum atomic E-state index is 12.3. The molecule has 6 nitrogen and oxygen atoms in total. The fourth-order valence-electron chi connectivity index (χ4n) is 2.56. The Morgan fingerprint density at radius 3 is 2.38 bits per heavy atom. The van der Waals surface area contributed by atoms with E-state index in [-0.39, 0.29) is 24.8 Å². The number of benzene rings is 2. The highest BCUT2D eigenvalue weighted by atomic mass is 32.2. The van der Waals surface area contributed by atoms with E-state index in [4.69, 9.17) is 0 Å². The molecule has 26 heavy (non-hydrogen) atoms. The van der Waals surface area contributed by atoms with Gasteiger partial charge < -0.3 is 5.32 Å². The smallest absolute Gasteiger partial charge is 0.251 e. The lowest BCUT2D eigenvalue weighted by atomic mass is 10.1. The van der Waals surface area contributed by atoms with Crippen LogP contribution in [0.5, 0.6) is 0 Å². The number of anilines is 1. The van der Waals surface area contributed by atoms with Crippen molar-refractivity contribution in [3.8, 4) is 0 Å². The lowest BCUT2D eigenvalue weighted by molar-refractivity contribution is 0.0953. The first-order valence-corrected chi connectivity index (χ1v) is 9.97. The molecule has 0 saturated carbocycles. The van der Waals surface area contributed by atoms with Crippen LogP contribution in [0.2, 0.25) is 0 Å².